The molecule has 0 saturated heterocycles. The fourth-order valence-corrected chi connectivity index (χ4v) is 2.62. The Morgan fingerprint density at radius 2 is 1.15 bits per heavy atom. The Bertz CT molecular complexity index is 724. The number of aryl methyl sites for hydroxylation is 2. The van der Waals surface area contributed by atoms with Crippen LogP contribution in [0.15, 0.2) is 72.8 Å². The second-order valence-electron chi connectivity index (χ2n) is 5.21. The predicted molar refractivity (Wildman–Crippen MR) is 86.8 cm³/mol. The standard InChI is InChI=1S/C20H18/c1-15-8-6-7-11-19(15)18-13-12-16(2)20(14-18)17-9-4-3-5-10-17/h3-14H,1-2H3. The SMILES string of the molecule is Cc1ccccc1-c1ccc(C)c(-c2ccccc2)c1. The molecule has 0 aliphatic carbocycles. The summed E-state index contributed by atoms with van der Waals surface area (Å²) >= 11 is 0. The molecule has 20 heavy (non-hydrogen) atoms. The highest BCUT2D eigenvalue weighted by molar-refractivity contribution is 5.76. The van der Waals surface area contributed by atoms with Crippen LogP contribution < -0.4 is 0 Å². The van der Waals surface area contributed by atoms with E-state index < -0.39 is 0 Å². The topological polar surface area (TPSA) is 0 Å². The average molecular weight is 258 g/mol. The Labute approximate surface area is 120 Å². The van der Waals surface area contributed by atoms with Crippen molar-refractivity contribution in [1.29, 1.82) is 0 Å². The molecule has 0 aromatic heterocycles. The van der Waals surface area contributed by atoms with Crippen molar-refractivity contribution in [2.45, 2.75) is 13.8 Å². The summed E-state index contributed by atoms with van der Waals surface area (Å²) in [6, 6.07) is 25.9. The zero-order valence-corrected chi connectivity index (χ0v) is 11.9. The first-order chi connectivity index (χ1) is 9.75. The molecule has 0 aliphatic rings. The molecule has 0 radical (unpaired) electrons. The molecular weight excluding hydrogens is 240 g/mol. The van der Waals surface area contributed by atoms with E-state index in [9.17, 15) is 0 Å². The van der Waals surface area contributed by atoms with Crippen LogP contribution in [0.5, 0.6) is 0 Å². The van der Waals surface area contributed by atoms with Crippen molar-refractivity contribution < 1.29 is 0 Å². The molecule has 3 rings (SSSR count). The highest BCUT2D eigenvalue weighted by Crippen LogP contribution is 2.30. The van der Waals surface area contributed by atoms with E-state index in [4.69, 9.17) is 0 Å². The van der Waals surface area contributed by atoms with Crippen LogP contribution in [0.25, 0.3) is 22.3 Å². The van der Waals surface area contributed by atoms with Crippen LogP contribution in [0.2, 0.25) is 0 Å². The Morgan fingerprint density at radius 1 is 0.500 bits per heavy atom. The van der Waals surface area contributed by atoms with Crippen molar-refractivity contribution in [2.75, 3.05) is 0 Å². The molecule has 98 valence electrons. The van der Waals surface area contributed by atoms with E-state index >= 15 is 0 Å². The molecule has 0 atom stereocenters. The lowest BCUT2D eigenvalue weighted by Crippen LogP contribution is -1.87. The number of hydrogen-bond donors (Lipinski definition) is 0. The number of rotatable bonds is 2. The van der Waals surface area contributed by atoms with Gasteiger partial charge in [-0.25, -0.2) is 0 Å². The molecule has 0 saturated carbocycles. The Kier molecular flexibility index (Phi) is 3.39. The van der Waals surface area contributed by atoms with Crippen LogP contribution in [-0.2, 0) is 0 Å². The lowest BCUT2D eigenvalue weighted by atomic mass is 9.93. The van der Waals surface area contributed by atoms with Crippen molar-refractivity contribution in [1.82, 2.24) is 0 Å². The van der Waals surface area contributed by atoms with Gasteiger partial charge in [0.05, 0.1) is 0 Å². The van der Waals surface area contributed by atoms with E-state index in [1.807, 2.05) is 0 Å². The molecule has 0 spiro atoms. The van der Waals surface area contributed by atoms with Gasteiger partial charge in [-0.05, 0) is 53.3 Å². The molecule has 0 unspecified atom stereocenters. The van der Waals surface area contributed by atoms with E-state index in [0.717, 1.165) is 0 Å². The average Bonchev–Trinajstić information content (AvgIpc) is 2.49. The fraction of sp³-hybridized carbons (Fsp3) is 0.100. The monoisotopic (exact) mass is 258 g/mol. The van der Waals surface area contributed by atoms with E-state index in [1.165, 1.54) is 33.4 Å². The van der Waals surface area contributed by atoms with E-state index in [1.54, 1.807) is 0 Å². The van der Waals surface area contributed by atoms with Crippen molar-refractivity contribution in [3.63, 3.8) is 0 Å². The molecule has 0 bridgehead atoms. The molecule has 3 aromatic rings. The van der Waals surface area contributed by atoms with Gasteiger partial charge in [0.1, 0.15) is 0 Å². The molecule has 0 amide bonds. The Hall–Kier alpha value is -2.34. The molecule has 0 N–H and O–H groups in total. The summed E-state index contributed by atoms with van der Waals surface area (Å²) in [5.41, 5.74) is 7.81. The normalized spacial score (nSPS) is 10.5. The van der Waals surface area contributed by atoms with Gasteiger partial charge in [-0.15, -0.1) is 0 Å². The van der Waals surface area contributed by atoms with Gasteiger partial charge in [0.25, 0.3) is 0 Å². The summed E-state index contributed by atoms with van der Waals surface area (Å²) in [6.07, 6.45) is 0. The van der Waals surface area contributed by atoms with Gasteiger partial charge in [0.15, 0.2) is 0 Å². The first-order valence-corrected chi connectivity index (χ1v) is 6.98. The lowest BCUT2D eigenvalue weighted by Gasteiger charge is -2.11. The van der Waals surface area contributed by atoms with Gasteiger partial charge in [-0.1, -0.05) is 66.7 Å². The molecular formula is C20H18. The third-order valence-electron chi connectivity index (χ3n) is 3.78. The maximum atomic E-state index is 2.30. The Morgan fingerprint density at radius 3 is 1.90 bits per heavy atom. The van der Waals surface area contributed by atoms with E-state index in [2.05, 4.69) is 86.6 Å². The minimum absolute atomic E-state index is 1.28. The van der Waals surface area contributed by atoms with Crippen LogP contribution in [0, 0.1) is 13.8 Å². The number of hydrogen-bond acceptors (Lipinski definition) is 0. The van der Waals surface area contributed by atoms with Gasteiger partial charge < -0.3 is 0 Å². The summed E-state index contributed by atoms with van der Waals surface area (Å²) in [4.78, 5) is 0. The van der Waals surface area contributed by atoms with Crippen LogP contribution in [0.1, 0.15) is 11.1 Å². The van der Waals surface area contributed by atoms with Gasteiger partial charge >= 0.3 is 0 Å². The molecule has 0 heteroatoms. The van der Waals surface area contributed by atoms with Crippen LogP contribution >= 0.6 is 0 Å². The molecule has 0 heterocycles. The zero-order chi connectivity index (χ0) is 13.9. The van der Waals surface area contributed by atoms with Crippen molar-refractivity contribution >= 4 is 0 Å². The van der Waals surface area contributed by atoms with E-state index in [-0.39, 0.29) is 0 Å². The summed E-state index contributed by atoms with van der Waals surface area (Å²) in [6.45, 7) is 4.33. The first-order valence-electron chi connectivity index (χ1n) is 6.98. The molecule has 0 fully saturated rings. The van der Waals surface area contributed by atoms with Gasteiger partial charge in [0.2, 0.25) is 0 Å². The quantitative estimate of drug-likeness (QED) is 0.558. The van der Waals surface area contributed by atoms with Crippen LogP contribution in [0.3, 0.4) is 0 Å². The molecule has 3 aromatic carbocycles. The maximum absolute atomic E-state index is 2.30. The van der Waals surface area contributed by atoms with Gasteiger partial charge in [-0.2, -0.15) is 0 Å². The highest BCUT2D eigenvalue weighted by atomic mass is 14.1. The van der Waals surface area contributed by atoms with Gasteiger partial charge in [0, 0.05) is 0 Å². The second kappa shape index (κ2) is 5.34. The van der Waals surface area contributed by atoms with Gasteiger partial charge in [-0.3, -0.25) is 0 Å². The highest BCUT2D eigenvalue weighted by Gasteiger charge is 2.06. The van der Waals surface area contributed by atoms with Crippen LogP contribution in [-0.4, -0.2) is 0 Å². The minimum Gasteiger partial charge on any atom is -0.0622 e. The predicted octanol–water partition coefficient (Wildman–Crippen LogP) is 5.64. The largest absolute Gasteiger partial charge is 0.0622 e. The molecule has 0 nitrogen and oxygen atoms in total. The fourth-order valence-electron chi connectivity index (χ4n) is 2.62. The van der Waals surface area contributed by atoms with Crippen molar-refractivity contribution in [2.24, 2.45) is 0 Å². The minimum atomic E-state index is 1.28. The van der Waals surface area contributed by atoms with Crippen molar-refractivity contribution in [3.05, 3.63) is 83.9 Å². The summed E-state index contributed by atoms with van der Waals surface area (Å²) < 4.78 is 0. The maximum Gasteiger partial charge on any atom is -0.0149 e. The first kappa shape index (κ1) is 12.7. The Balaban J connectivity index is 2.15. The van der Waals surface area contributed by atoms with E-state index in [0.29, 0.717) is 0 Å². The third-order valence-corrected chi connectivity index (χ3v) is 3.78. The van der Waals surface area contributed by atoms with Crippen molar-refractivity contribution in [3.8, 4) is 22.3 Å². The third kappa shape index (κ3) is 2.37. The number of benzene rings is 3. The zero-order valence-electron chi connectivity index (χ0n) is 11.9. The summed E-state index contributed by atoms with van der Waals surface area (Å²) in [5, 5.41) is 0. The summed E-state index contributed by atoms with van der Waals surface area (Å²) in [5.74, 6) is 0. The second-order valence-corrected chi connectivity index (χ2v) is 5.21. The lowest BCUT2D eigenvalue weighted by molar-refractivity contribution is 1.42. The molecule has 0 aliphatic heterocycles. The summed E-state index contributed by atoms with van der Waals surface area (Å²) in [7, 11) is 0. The van der Waals surface area contributed by atoms with Crippen LogP contribution in [0.4, 0.5) is 0 Å². The smallest absolute Gasteiger partial charge is 0.0149 e.